The molecule has 1 N–H and O–H groups in total. The highest BCUT2D eigenvalue weighted by Gasteiger charge is 2.51. The number of H-pyrrole nitrogens is 1. The van der Waals surface area contributed by atoms with Crippen molar-refractivity contribution in [2.45, 2.75) is 43.9 Å². The third-order valence-corrected chi connectivity index (χ3v) is 7.16. The van der Waals surface area contributed by atoms with Crippen molar-refractivity contribution in [1.29, 1.82) is 0 Å². The summed E-state index contributed by atoms with van der Waals surface area (Å²) in [7, 11) is -5.47. The molecule has 2 aliphatic rings. The number of hydrogen-bond donors (Lipinski definition) is 1. The zero-order chi connectivity index (χ0) is 20.8. The van der Waals surface area contributed by atoms with Crippen LogP contribution in [-0.4, -0.2) is 40.8 Å². The molecule has 0 radical (unpaired) electrons. The van der Waals surface area contributed by atoms with Crippen LogP contribution in [0, 0.1) is 5.92 Å². The monoisotopic (exact) mass is 448 g/mol. The van der Waals surface area contributed by atoms with E-state index in [1.54, 1.807) is 18.3 Å². The van der Waals surface area contributed by atoms with Gasteiger partial charge in [0.2, 0.25) is 0 Å². The number of hydrogen-bond acceptors (Lipinski definition) is 4. The number of rotatable bonds is 5. The molecule has 0 amide bonds. The lowest BCUT2D eigenvalue weighted by Gasteiger charge is -2.34. The summed E-state index contributed by atoms with van der Waals surface area (Å²) in [5.74, 6) is 0.397. The molecule has 1 aromatic heterocycles. The van der Waals surface area contributed by atoms with Gasteiger partial charge in [0.1, 0.15) is 0 Å². The van der Waals surface area contributed by atoms with E-state index in [2.05, 4.69) is 9.97 Å². The van der Waals surface area contributed by atoms with Crippen molar-refractivity contribution in [3.63, 3.8) is 0 Å². The summed E-state index contributed by atoms with van der Waals surface area (Å²) in [6.07, 6.45) is 5.83. The van der Waals surface area contributed by atoms with Crippen LogP contribution in [0.15, 0.2) is 30.7 Å². The molecule has 6 nitrogen and oxygen atoms in total. The van der Waals surface area contributed by atoms with Gasteiger partial charge in [0.15, 0.2) is 0 Å². The van der Waals surface area contributed by atoms with E-state index in [9.17, 15) is 21.6 Å². The van der Waals surface area contributed by atoms with Gasteiger partial charge < -0.3 is 9.88 Å². The Hall–Kier alpha value is -1.78. The minimum atomic E-state index is -5.47. The van der Waals surface area contributed by atoms with Crippen molar-refractivity contribution in [3.05, 3.63) is 47.0 Å². The van der Waals surface area contributed by atoms with Crippen LogP contribution in [0.3, 0.4) is 0 Å². The number of fused-ring (bicyclic) bond motifs is 1. The Labute approximate surface area is 171 Å². The molecule has 0 spiro atoms. The zero-order valence-electron chi connectivity index (χ0n) is 15.4. The lowest BCUT2D eigenvalue weighted by Crippen LogP contribution is -2.47. The molecule has 2 heterocycles. The number of alkyl halides is 3. The van der Waals surface area contributed by atoms with Crippen molar-refractivity contribution in [2.24, 2.45) is 5.92 Å². The van der Waals surface area contributed by atoms with Gasteiger partial charge in [0.05, 0.1) is 18.6 Å². The lowest BCUT2D eigenvalue weighted by atomic mass is 10.1. The first-order valence-corrected chi connectivity index (χ1v) is 11.1. The Morgan fingerprint density at radius 2 is 2.03 bits per heavy atom. The van der Waals surface area contributed by atoms with Crippen LogP contribution in [0.25, 0.3) is 0 Å². The first kappa shape index (κ1) is 20.5. The fraction of sp³-hybridized carbons (Fsp3) is 0.500. The number of benzene rings is 1. The summed E-state index contributed by atoms with van der Waals surface area (Å²) in [5.41, 5.74) is -3.43. The van der Waals surface area contributed by atoms with Gasteiger partial charge in [-0.3, -0.25) is 0 Å². The molecule has 1 atom stereocenters. The number of nitrogens with zero attached hydrogens (tertiary/aromatic N) is 3. The van der Waals surface area contributed by atoms with E-state index in [4.69, 9.17) is 11.6 Å². The third-order valence-electron chi connectivity index (χ3n) is 5.38. The number of aromatic nitrogens is 2. The highest BCUT2D eigenvalue weighted by molar-refractivity contribution is 7.89. The van der Waals surface area contributed by atoms with Gasteiger partial charge in [0.25, 0.3) is 0 Å². The zero-order valence-corrected chi connectivity index (χ0v) is 16.9. The Morgan fingerprint density at radius 3 is 2.66 bits per heavy atom. The van der Waals surface area contributed by atoms with Crippen LogP contribution in [-0.2, 0) is 23.1 Å². The Balaban J connectivity index is 1.78. The average Bonchev–Trinajstić information content (AvgIpc) is 3.33. The van der Waals surface area contributed by atoms with Crippen molar-refractivity contribution in [2.75, 3.05) is 11.4 Å². The van der Waals surface area contributed by atoms with Gasteiger partial charge in [-0.25, -0.2) is 13.4 Å². The van der Waals surface area contributed by atoms with Crippen LogP contribution in [0.5, 0.6) is 0 Å². The fourth-order valence-corrected chi connectivity index (χ4v) is 4.95. The standard InChI is InChI=1S/C18H20ClF3N4O2S/c19-14-3-4-17-13(6-14)8-25(29(27,28)18(20,21)22)10-16(5-12-1-2-12)26(17)9-15-7-23-11-24-15/h3-4,6-7,11-12,16H,1-2,5,8-10H2,(H,23,24)/t16-/m1/s1. The summed E-state index contributed by atoms with van der Waals surface area (Å²) in [6.45, 7) is -0.233. The van der Waals surface area contributed by atoms with E-state index in [-0.39, 0.29) is 13.1 Å². The van der Waals surface area contributed by atoms with Gasteiger partial charge in [-0.2, -0.15) is 17.5 Å². The summed E-state index contributed by atoms with van der Waals surface area (Å²) >= 11 is 6.08. The molecule has 29 heavy (non-hydrogen) atoms. The molecule has 2 aromatic rings. The van der Waals surface area contributed by atoms with E-state index in [0.717, 1.165) is 18.5 Å². The predicted molar refractivity (Wildman–Crippen MR) is 103 cm³/mol. The van der Waals surface area contributed by atoms with Crippen LogP contribution in [0.1, 0.15) is 30.5 Å². The van der Waals surface area contributed by atoms with Crippen LogP contribution >= 0.6 is 11.6 Å². The number of nitrogens with one attached hydrogen (secondary N) is 1. The molecule has 158 valence electrons. The number of anilines is 1. The Kier molecular flexibility index (Phi) is 5.28. The second-order valence-corrected chi connectivity index (χ2v) is 9.92. The molecule has 1 aliphatic heterocycles. The van der Waals surface area contributed by atoms with Crippen molar-refractivity contribution >= 4 is 27.3 Å². The molecule has 0 unspecified atom stereocenters. The third kappa shape index (κ3) is 4.24. The van der Waals surface area contributed by atoms with Gasteiger partial charge in [-0.05, 0) is 36.1 Å². The molecular weight excluding hydrogens is 429 g/mol. The number of aromatic amines is 1. The molecule has 1 aromatic carbocycles. The SMILES string of the molecule is O=S(=O)(N1Cc2cc(Cl)ccc2N(Cc2cnc[nH]2)[C@H](CC2CC2)C1)C(F)(F)F. The van der Waals surface area contributed by atoms with Crippen molar-refractivity contribution in [1.82, 2.24) is 14.3 Å². The molecule has 0 bridgehead atoms. The van der Waals surface area contributed by atoms with E-state index in [1.807, 2.05) is 4.90 Å². The van der Waals surface area contributed by atoms with E-state index in [0.29, 0.717) is 39.5 Å². The topological polar surface area (TPSA) is 69.3 Å². The number of halogens is 4. The molecule has 4 rings (SSSR count). The molecule has 11 heteroatoms. The summed E-state index contributed by atoms with van der Waals surface area (Å²) < 4.78 is 65.0. The largest absolute Gasteiger partial charge is 0.511 e. The fourth-order valence-electron chi connectivity index (χ4n) is 3.78. The van der Waals surface area contributed by atoms with Gasteiger partial charge in [-0.15, -0.1) is 0 Å². The van der Waals surface area contributed by atoms with Crippen LogP contribution in [0.4, 0.5) is 18.9 Å². The molecule has 1 aliphatic carbocycles. The Bertz CT molecular complexity index is 977. The van der Waals surface area contributed by atoms with Crippen molar-refractivity contribution in [3.8, 4) is 0 Å². The maximum atomic E-state index is 13.3. The maximum Gasteiger partial charge on any atom is 0.511 e. The smallest absolute Gasteiger partial charge is 0.361 e. The minimum Gasteiger partial charge on any atom is -0.361 e. The quantitative estimate of drug-likeness (QED) is 0.753. The maximum absolute atomic E-state index is 13.3. The summed E-state index contributed by atoms with van der Waals surface area (Å²) in [6, 6.07) is 4.56. The summed E-state index contributed by atoms with van der Waals surface area (Å²) in [4.78, 5) is 8.99. The van der Waals surface area contributed by atoms with Gasteiger partial charge >= 0.3 is 15.5 Å². The van der Waals surface area contributed by atoms with E-state index in [1.165, 1.54) is 12.4 Å². The van der Waals surface area contributed by atoms with E-state index >= 15 is 0 Å². The first-order chi connectivity index (χ1) is 13.6. The second-order valence-electron chi connectivity index (χ2n) is 7.55. The van der Waals surface area contributed by atoms with Gasteiger partial charge in [0, 0.05) is 36.0 Å². The second kappa shape index (κ2) is 7.48. The van der Waals surface area contributed by atoms with Gasteiger partial charge in [-0.1, -0.05) is 24.4 Å². The molecule has 0 saturated heterocycles. The predicted octanol–water partition coefficient (Wildman–Crippen LogP) is 3.90. The Morgan fingerprint density at radius 1 is 1.28 bits per heavy atom. The summed E-state index contributed by atoms with van der Waals surface area (Å²) in [5, 5.41) is 0.343. The highest BCUT2D eigenvalue weighted by Crippen LogP contribution is 2.40. The van der Waals surface area contributed by atoms with Crippen LogP contribution < -0.4 is 4.90 Å². The lowest BCUT2D eigenvalue weighted by molar-refractivity contribution is -0.0492. The molecule has 1 saturated carbocycles. The van der Waals surface area contributed by atoms with Crippen LogP contribution in [0.2, 0.25) is 5.02 Å². The number of imidazole rings is 1. The van der Waals surface area contributed by atoms with E-state index < -0.39 is 21.6 Å². The highest BCUT2D eigenvalue weighted by atomic mass is 35.5. The molecular formula is C18H20ClF3N4O2S. The van der Waals surface area contributed by atoms with Crippen molar-refractivity contribution < 1.29 is 21.6 Å². The number of sulfonamides is 1. The minimum absolute atomic E-state index is 0.237. The first-order valence-electron chi connectivity index (χ1n) is 9.24. The molecule has 1 fully saturated rings. The average molecular weight is 449 g/mol. The normalized spacial score (nSPS) is 21.1.